The predicted molar refractivity (Wildman–Crippen MR) is 77.1 cm³/mol. The number of hydrogen-bond acceptors (Lipinski definition) is 2. The maximum atomic E-state index is 7.04. The Hall–Kier alpha value is -1.55. The molecule has 0 bridgehead atoms. The average Bonchev–Trinajstić information content (AvgIpc) is 2.18. The molecule has 5 N–H and O–H groups in total. The lowest BCUT2D eigenvalue weighted by molar-refractivity contribution is 0.961. The number of rotatable bonds is 5. The van der Waals surface area contributed by atoms with Gasteiger partial charge in [-0.25, -0.2) is 0 Å². The highest BCUT2D eigenvalue weighted by molar-refractivity contribution is 5.99. The van der Waals surface area contributed by atoms with Crippen molar-refractivity contribution in [1.82, 2.24) is 0 Å². The van der Waals surface area contributed by atoms with Crippen LogP contribution in [0.3, 0.4) is 0 Å². The van der Waals surface area contributed by atoms with Crippen molar-refractivity contribution in [2.45, 2.75) is 20.3 Å². The standard InChI is InChI=1S/C11H16N4.CH4.ClH/c12-10(13)8-11(14)15-7-6-9-4-2-1-3-5-9;;/h1-5H,6-8H2,(H3,12,13)(H2,14,15);1H4;1H. The highest BCUT2D eigenvalue weighted by Crippen LogP contribution is 1.99. The number of halogens is 1. The minimum Gasteiger partial charge on any atom is -0.387 e. The normalized spacial score (nSPS) is 10.0. The van der Waals surface area contributed by atoms with Gasteiger partial charge in [-0.1, -0.05) is 37.8 Å². The second kappa shape index (κ2) is 9.66. The third-order valence-electron chi connectivity index (χ3n) is 1.93. The minimum absolute atomic E-state index is 0. The molecule has 0 atom stereocenters. The van der Waals surface area contributed by atoms with Crippen molar-refractivity contribution in [3.63, 3.8) is 0 Å². The van der Waals surface area contributed by atoms with E-state index in [0.717, 1.165) is 6.42 Å². The van der Waals surface area contributed by atoms with Crippen LogP contribution in [0.25, 0.3) is 0 Å². The van der Waals surface area contributed by atoms with E-state index in [1.54, 1.807) is 0 Å². The van der Waals surface area contributed by atoms with E-state index in [2.05, 4.69) is 17.1 Å². The number of nitrogens with two attached hydrogens (primary N) is 2. The second-order valence-corrected chi connectivity index (χ2v) is 3.31. The maximum Gasteiger partial charge on any atom is 0.101 e. The van der Waals surface area contributed by atoms with Crippen molar-refractivity contribution < 1.29 is 0 Å². The Morgan fingerprint density at radius 3 is 2.29 bits per heavy atom. The molecule has 96 valence electrons. The summed E-state index contributed by atoms with van der Waals surface area (Å²) in [7, 11) is 0. The highest BCUT2D eigenvalue weighted by atomic mass is 35.5. The molecule has 0 spiro atoms. The lowest BCUT2D eigenvalue weighted by Gasteiger charge is -2.00. The van der Waals surface area contributed by atoms with Crippen LogP contribution in [-0.4, -0.2) is 18.2 Å². The van der Waals surface area contributed by atoms with Crippen LogP contribution >= 0.6 is 12.4 Å². The summed E-state index contributed by atoms with van der Waals surface area (Å²) in [5, 5.41) is 7.04. The number of benzene rings is 1. The van der Waals surface area contributed by atoms with E-state index in [9.17, 15) is 0 Å². The van der Waals surface area contributed by atoms with Gasteiger partial charge >= 0.3 is 0 Å². The first kappa shape index (κ1) is 17.8. The first-order valence-electron chi connectivity index (χ1n) is 4.84. The molecule has 0 saturated carbocycles. The fraction of sp³-hybridized carbons (Fsp3) is 0.333. The summed E-state index contributed by atoms with van der Waals surface area (Å²) in [4.78, 5) is 4.13. The molecule has 0 saturated heterocycles. The number of hydrogen-bond donors (Lipinski definition) is 3. The quantitative estimate of drug-likeness (QED) is 0.556. The zero-order valence-corrected chi connectivity index (χ0v) is 9.83. The van der Waals surface area contributed by atoms with Gasteiger partial charge in [-0.05, 0) is 12.0 Å². The molecule has 0 heterocycles. The van der Waals surface area contributed by atoms with Gasteiger partial charge in [0.25, 0.3) is 0 Å². The van der Waals surface area contributed by atoms with E-state index < -0.39 is 0 Å². The molecule has 1 aromatic carbocycles. The molecule has 0 fully saturated rings. The number of aliphatic imine (C=N–C) groups is 1. The minimum atomic E-state index is 0. The third-order valence-corrected chi connectivity index (χ3v) is 1.93. The molecule has 0 amide bonds. The van der Waals surface area contributed by atoms with Gasteiger partial charge in [-0.15, -0.1) is 12.4 Å². The van der Waals surface area contributed by atoms with E-state index in [1.165, 1.54) is 5.56 Å². The van der Waals surface area contributed by atoms with Crippen LogP contribution in [0, 0.1) is 5.41 Å². The Labute approximate surface area is 109 Å². The molecular weight excluding hydrogens is 236 g/mol. The van der Waals surface area contributed by atoms with Crippen LogP contribution < -0.4 is 11.5 Å². The highest BCUT2D eigenvalue weighted by Gasteiger charge is 1.95. The maximum absolute atomic E-state index is 7.04. The van der Waals surface area contributed by atoms with Gasteiger partial charge in [-0.2, -0.15) is 0 Å². The first-order chi connectivity index (χ1) is 7.18. The molecule has 0 aromatic heterocycles. The fourth-order valence-corrected chi connectivity index (χ4v) is 1.22. The van der Waals surface area contributed by atoms with Gasteiger partial charge in [0, 0.05) is 6.54 Å². The van der Waals surface area contributed by atoms with E-state index in [4.69, 9.17) is 16.9 Å². The molecular formula is C12H21ClN4. The Morgan fingerprint density at radius 1 is 1.18 bits per heavy atom. The first-order valence-corrected chi connectivity index (χ1v) is 4.84. The molecule has 17 heavy (non-hydrogen) atoms. The van der Waals surface area contributed by atoms with Crippen LogP contribution in [-0.2, 0) is 6.42 Å². The van der Waals surface area contributed by atoms with E-state index in [-0.39, 0.29) is 32.1 Å². The summed E-state index contributed by atoms with van der Waals surface area (Å²) in [6.07, 6.45) is 1.12. The van der Waals surface area contributed by atoms with E-state index in [0.29, 0.717) is 12.4 Å². The van der Waals surface area contributed by atoms with Crippen molar-refractivity contribution in [2.24, 2.45) is 16.5 Å². The Morgan fingerprint density at radius 2 is 1.76 bits per heavy atom. The fourth-order valence-electron chi connectivity index (χ4n) is 1.22. The van der Waals surface area contributed by atoms with Gasteiger partial charge in [0.2, 0.25) is 0 Å². The summed E-state index contributed by atoms with van der Waals surface area (Å²) in [5.74, 6) is 0.481. The Balaban J connectivity index is 0. The van der Waals surface area contributed by atoms with E-state index in [1.807, 2.05) is 18.2 Å². The number of nitrogens with zero attached hydrogens (tertiary/aromatic N) is 1. The number of nitrogens with one attached hydrogen (secondary N) is 1. The van der Waals surface area contributed by atoms with Crippen molar-refractivity contribution in [3.8, 4) is 0 Å². The third kappa shape index (κ3) is 8.28. The molecule has 0 aliphatic carbocycles. The molecule has 0 unspecified atom stereocenters. The monoisotopic (exact) mass is 256 g/mol. The SMILES string of the molecule is C.Cl.N=C(N)CC(N)=NCCc1ccccc1. The lowest BCUT2D eigenvalue weighted by atomic mass is 10.1. The van der Waals surface area contributed by atoms with Crippen LogP contribution in [0.5, 0.6) is 0 Å². The molecule has 1 aromatic rings. The van der Waals surface area contributed by atoms with Crippen LogP contribution in [0.1, 0.15) is 19.4 Å². The zero-order chi connectivity index (χ0) is 11.1. The van der Waals surface area contributed by atoms with E-state index >= 15 is 0 Å². The Bertz CT molecular complexity index is 349. The molecule has 1 rings (SSSR count). The molecule has 0 radical (unpaired) electrons. The van der Waals surface area contributed by atoms with Gasteiger partial charge in [0.05, 0.1) is 12.3 Å². The van der Waals surface area contributed by atoms with Crippen LogP contribution in [0.2, 0.25) is 0 Å². The molecule has 5 heteroatoms. The molecule has 0 aliphatic heterocycles. The van der Waals surface area contributed by atoms with Gasteiger partial charge in [0.1, 0.15) is 5.84 Å². The van der Waals surface area contributed by atoms with Crippen molar-refractivity contribution in [2.75, 3.05) is 6.54 Å². The molecule has 0 aliphatic rings. The predicted octanol–water partition coefficient (Wildman–Crippen LogP) is 1.97. The van der Waals surface area contributed by atoms with Gasteiger partial charge < -0.3 is 11.5 Å². The van der Waals surface area contributed by atoms with Gasteiger partial charge in [0.15, 0.2) is 0 Å². The van der Waals surface area contributed by atoms with Crippen LogP contribution in [0.4, 0.5) is 0 Å². The lowest BCUT2D eigenvalue weighted by Crippen LogP contribution is -2.22. The summed E-state index contributed by atoms with van der Waals surface area (Å²) in [6.45, 7) is 0.642. The zero-order valence-electron chi connectivity index (χ0n) is 9.02. The summed E-state index contributed by atoms with van der Waals surface area (Å²) < 4.78 is 0. The summed E-state index contributed by atoms with van der Waals surface area (Å²) in [6, 6.07) is 10.1. The van der Waals surface area contributed by atoms with Gasteiger partial charge in [-0.3, -0.25) is 10.4 Å². The largest absolute Gasteiger partial charge is 0.387 e. The Kier molecular flexibility index (Phi) is 10.1. The molecule has 4 nitrogen and oxygen atoms in total. The van der Waals surface area contributed by atoms with Crippen LogP contribution in [0.15, 0.2) is 35.3 Å². The topological polar surface area (TPSA) is 88.2 Å². The summed E-state index contributed by atoms with van der Waals surface area (Å²) >= 11 is 0. The summed E-state index contributed by atoms with van der Waals surface area (Å²) in [5.41, 5.74) is 12.0. The van der Waals surface area contributed by atoms with Crippen molar-refractivity contribution in [3.05, 3.63) is 35.9 Å². The second-order valence-electron chi connectivity index (χ2n) is 3.31. The number of amidine groups is 2. The van der Waals surface area contributed by atoms with Crippen molar-refractivity contribution >= 4 is 24.1 Å². The smallest absolute Gasteiger partial charge is 0.101 e. The van der Waals surface area contributed by atoms with Crippen molar-refractivity contribution in [1.29, 1.82) is 5.41 Å². The average molecular weight is 257 g/mol.